The number of allylic oxidation sites excluding steroid dienone is 2. The van der Waals surface area contributed by atoms with Gasteiger partial charge in [-0.1, -0.05) is 0 Å². The zero-order chi connectivity index (χ0) is 36.4. The van der Waals surface area contributed by atoms with Crippen LogP contribution in [0.15, 0.2) is 158 Å². The molecule has 0 radical (unpaired) electrons. The predicted octanol–water partition coefficient (Wildman–Crippen LogP) is 12.2. The standard InChI is InChI=1S/2C18H17.2C6H5.2CH3.Hf.H2Si/c2*1-13(2)14-9-11-16(12-10-14)18-8-4-6-15-5-3-7-17(15)18;2*1-2-4-6-5-3-1;;;;/h2*3-13H,1-2H3;2*1-5H;2*1H3;;1H2. The molecule has 260 valence electrons. The van der Waals surface area contributed by atoms with Gasteiger partial charge in [0.05, 0.1) is 0 Å². The van der Waals surface area contributed by atoms with Crippen LogP contribution in [0.25, 0.3) is 34.4 Å². The molecule has 0 saturated heterocycles. The molecule has 0 heterocycles. The molecule has 52 heavy (non-hydrogen) atoms. The van der Waals surface area contributed by atoms with E-state index in [1.165, 1.54) is 62.3 Å². The third-order valence-corrected chi connectivity index (χ3v) is 71.5. The van der Waals surface area contributed by atoms with Crippen molar-refractivity contribution in [2.24, 2.45) is 0 Å². The molecule has 2 heteroatoms. The Morgan fingerprint density at radius 1 is 0.442 bits per heavy atom. The van der Waals surface area contributed by atoms with Crippen molar-refractivity contribution in [3.05, 3.63) is 191 Å². The first-order chi connectivity index (χ1) is 24.8. The molecule has 0 saturated carbocycles. The average molecular weight is 860 g/mol. The van der Waals surface area contributed by atoms with Crippen LogP contribution in [0.3, 0.4) is 0 Å². The van der Waals surface area contributed by atoms with Gasteiger partial charge in [0.25, 0.3) is 0 Å². The summed E-state index contributed by atoms with van der Waals surface area (Å²) >= 11 is -5.97. The molecule has 2 aliphatic rings. The van der Waals surface area contributed by atoms with E-state index in [0.29, 0.717) is 11.8 Å². The third kappa shape index (κ3) is 4.59. The molecule has 2 atom stereocenters. The van der Waals surface area contributed by atoms with Gasteiger partial charge < -0.3 is 0 Å². The molecular weight excluding hydrogens is 807 g/mol. The van der Waals surface area contributed by atoms with E-state index in [2.05, 4.69) is 214 Å². The SMILES string of the molecule is CC(C)c1ccc(-c2cccc3c2C=C[CH]3[Hf]([CH3])([CH3])(=[SiH2])([c]2ccccc2)([c]2ccccc2)[CH]2C=Cc3c(-c4ccc(C(C)C)cc4)cccc32)cc1. The molecule has 8 rings (SSSR count). The summed E-state index contributed by atoms with van der Waals surface area (Å²) in [7, 11) is 0. The zero-order valence-electron chi connectivity index (χ0n) is 31.7. The fourth-order valence-electron chi connectivity index (χ4n) is 10.8. The van der Waals surface area contributed by atoms with Crippen LogP contribution >= 0.6 is 0 Å². The average Bonchev–Trinajstić information content (AvgIpc) is 3.83. The molecule has 2 aliphatic carbocycles. The van der Waals surface area contributed by atoms with E-state index < -0.39 is 14.2 Å². The summed E-state index contributed by atoms with van der Waals surface area (Å²) in [6, 6.07) is 56.1. The normalized spacial score (nSPS) is 18.4. The van der Waals surface area contributed by atoms with Gasteiger partial charge >= 0.3 is 310 Å². The van der Waals surface area contributed by atoms with Crippen molar-refractivity contribution in [1.82, 2.24) is 0 Å². The second kappa shape index (κ2) is 11.4. The second-order valence-electron chi connectivity index (χ2n) is 18.6. The minimum absolute atomic E-state index is 0.173. The molecule has 0 aromatic heterocycles. The van der Waals surface area contributed by atoms with Gasteiger partial charge in [-0.15, -0.1) is 0 Å². The number of fused-ring (bicyclic) bond motifs is 2. The molecule has 0 aliphatic heterocycles. The summed E-state index contributed by atoms with van der Waals surface area (Å²) in [5.74, 6) is 1.02. The van der Waals surface area contributed by atoms with Gasteiger partial charge in [0.15, 0.2) is 0 Å². The Hall–Kier alpha value is -4.11. The van der Waals surface area contributed by atoms with Crippen LogP contribution in [0.4, 0.5) is 0 Å². The summed E-state index contributed by atoms with van der Waals surface area (Å²) in [6.07, 6.45) is 10.2. The number of rotatable bonds is 8. The van der Waals surface area contributed by atoms with Gasteiger partial charge in [-0.3, -0.25) is 0 Å². The second-order valence-corrected chi connectivity index (χ2v) is 87.1. The third-order valence-electron chi connectivity index (χ3n) is 14.4. The van der Waals surface area contributed by atoms with Crippen LogP contribution in [-0.4, -0.2) is 6.94 Å². The van der Waals surface area contributed by atoms with E-state index >= 15 is 0 Å². The van der Waals surface area contributed by atoms with E-state index in [-0.39, 0.29) is 7.35 Å². The Balaban J connectivity index is 1.44. The summed E-state index contributed by atoms with van der Waals surface area (Å²) < 4.78 is 8.95. The van der Waals surface area contributed by atoms with Crippen LogP contribution < -0.4 is 6.64 Å². The van der Waals surface area contributed by atoms with E-state index in [9.17, 15) is 0 Å². The zero-order valence-corrected chi connectivity index (χ0v) is 36.7. The number of hydrogen-bond donors (Lipinski definition) is 0. The van der Waals surface area contributed by atoms with Crippen molar-refractivity contribution < 1.29 is 14.2 Å². The molecule has 0 fully saturated rings. The van der Waals surface area contributed by atoms with Crippen LogP contribution in [0.2, 0.25) is 9.36 Å². The van der Waals surface area contributed by atoms with Crippen molar-refractivity contribution in [2.75, 3.05) is 0 Å². The Kier molecular flexibility index (Phi) is 7.69. The molecule has 0 N–H and O–H groups in total. The molecule has 0 bridgehead atoms. The van der Waals surface area contributed by atoms with Crippen molar-refractivity contribution >= 4 is 25.7 Å². The van der Waals surface area contributed by atoms with Crippen molar-refractivity contribution in [3.63, 3.8) is 0 Å². The molecule has 0 amide bonds. The molecular formula is C50H52HfSi. The van der Waals surface area contributed by atoms with Gasteiger partial charge in [-0.2, -0.15) is 0 Å². The maximum atomic E-state index is 2.80. The Labute approximate surface area is 307 Å². The first-order valence-electron chi connectivity index (χ1n) is 19.3. The summed E-state index contributed by atoms with van der Waals surface area (Å²) in [4.78, 5) is 0. The van der Waals surface area contributed by atoms with Gasteiger partial charge in [0.1, 0.15) is 0 Å². The first-order valence-corrected chi connectivity index (χ1v) is 42.5. The van der Waals surface area contributed by atoms with Crippen molar-refractivity contribution in [2.45, 2.75) is 56.2 Å². The van der Waals surface area contributed by atoms with Gasteiger partial charge in [0.2, 0.25) is 0 Å². The summed E-state index contributed by atoms with van der Waals surface area (Å²) in [6.45, 7) is 11.5. The van der Waals surface area contributed by atoms with E-state index in [4.69, 9.17) is 0 Å². The van der Waals surface area contributed by atoms with Crippen LogP contribution in [0, 0.1) is 0 Å². The topological polar surface area (TPSA) is 0 Å². The van der Waals surface area contributed by atoms with E-state index in [0.717, 1.165) is 0 Å². The van der Waals surface area contributed by atoms with Crippen molar-refractivity contribution in [1.29, 1.82) is 0 Å². The van der Waals surface area contributed by atoms with E-state index in [1.54, 1.807) is 0 Å². The molecule has 6 aromatic rings. The molecule has 0 nitrogen and oxygen atoms in total. The summed E-state index contributed by atoms with van der Waals surface area (Å²) in [5.41, 5.74) is 13.6. The Morgan fingerprint density at radius 3 is 1.15 bits per heavy atom. The minimum atomic E-state index is -5.97. The Morgan fingerprint density at radius 2 is 0.808 bits per heavy atom. The Bertz CT molecular complexity index is 2350. The molecule has 6 aromatic carbocycles. The van der Waals surface area contributed by atoms with E-state index in [1.807, 2.05) is 0 Å². The number of benzene rings is 6. The van der Waals surface area contributed by atoms with Gasteiger partial charge in [0, 0.05) is 0 Å². The van der Waals surface area contributed by atoms with Crippen LogP contribution in [0.1, 0.15) is 80.3 Å². The number of hydrogen-bond acceptors (Lipinski definition) is 0. The maximum absolute atomic E-state index is 5.97. The quantitative estimate of drug-likeness (QED) is 0.134. The van der Waals surface area contributed by atoms with Gasteiger partial charge in [-0.05, 0) is 0 Å². The van der Waals surface area contributed by atoms with Crippen molar-refractivity contribution in [3.8, 4) is 22.3 Å². The van der Waals surface area contributed by atoms with Crippen LogP contribution in [-0.2, 0) is 14.2 Å². The van der Waals surface area contributed by atoms with Crippen LogP contribution in [0.5, 0.6) is 0 Å². The summed E-state index contributed by atoms with van der Waals surface area (Å²) in [5, 5.41) is 0. The monoisotopic (exact) mass is 860 g/mol. The molecule has 2 unspecified atom stereocenters. The first kappa shape index (κ1) is 34.9. The fourth-order valence-corrected chi connectivity index (χ4v) is 58.1. The predicted molar refractivity (Wildman–Crippen MR) is 228 cm³/mol. The van der Waals surface area contributed by atoms with Gasteiger partial charge in [-0.25, -0.2) is 0 Å². The fraction of sp³-hybridized carbons (Fsp3) is 0.200. The molecule has 0 spiro atoms.